The average molecular weight is 264 g/mol. The molecule has 1 atom stereocenters. The third-order valence-corrected chi connectivity index (χ3v) is 3.93. The summed E-state index contributed by atoms with van der Waals surface area (Å²) in [5.74, 6) is 0.182. The fourth-order valence-electron chi connectivity index (χ4n) is 2.36. The third kappa shape index (κ3) is 2.09. The van der Waals surface area contributed by atoms with Gasteiger partial charge in [0.15, 0.2) is 0 Å². The van der Waals surface area contributed by atoms with Crippen molar-refractivity contribution in [3.63, 3.8) is 0 Å². The van der Waals surface area contributed by atoms with Crippen LogP contribution in [0.4, 0.5) is 0 Å². The molecule has 19 heavy (non-hydrogen) atoms. The van der Waals surface area contributed by atoms with Crippen LogP contribution in [0, 0.1) is 5.41 Å². The number of nitrogens with zero attached hydrogens (tertiary/aromatic N) is 3. The molecule has 7 nitrogen and oxygen atoms in total. The van der Waals surface area contributed by atoms with Crippen molar-refractivity contribution in [2.75, 3.05) is 13.1 Å². The molecule has 1 aliphatic carbocycles. The number of carboxylic acid groups (broad SMARTS) is 1. The molecule has 7 heteroatoms. The van der Waals surface area contributed by atoms with Gasteiger partial charge in [0.1, 0.15) is 5.82 Å². The van der Waals surface area contributed by atoms with Crippen molar-refractivity contribution in [1.29, 1.82) is 0 Å². The summed E-state index contributed by atoms with van der Waals surface area (Å²) >= 11 is 0. The molecule has 1 saturated carbocycles. The molecule has 1 saturated heterocycles. The molecule has 0 bridgehead atoms. The second-order valence-electron chi connectivity index (χ2n) is 5.66. The molecule has 2 fully saturated rings. The smallest absolute Gasteiger partial charge is 0.311 e. The normalized spacial score (nSPS) is 26.7. The first kappa shape index (κ1) is 12.1. The zero-order chi connectivity index (χ0) is 13.6. The number of aromatic amines is 1. The summed E-state index contributed by atoms with van der Waals surface area (Å²) in [6.07, 6.45) is 2.64. The summed E-state index contributed by atoms with van der Waals surface area (Å²) in [6, 6.07) is 0. The topological polar surface area (TPSA) is 99.2 Å². The Balaban J connectivity index is 1.72. The number of carboxylic acids is 1. The fraction of sp³-hybridized carbons (Fsp3) is 0.667. The van der Waals surface area contributed by atoms with Crippen LogP contribution >= 0.6 is 0 Å². The SMILES string of the molecule is CC1(C(=O)O)CCN(C(=O)c2n[nH]c(C3CC3)n2)C1. The summed E-state index contributed by atoms with van der Waals surface area (Å²) in [5, 5.41) is 15.9. The number of carbonyl (C=O) groups excluding carboxylic acids is 1. The minimum atomic E-state index is -0.864. The Bertz CT molecular complexity index is 537. The quantitative estimate of drug-likeness (QED) is 0.833. The molecular formula is C12H16N4O3. The molecule has 0 radical (unpaired) electrons. The molecule has 2 aliphatic rings. The molecule has 2 N–H and O–H groups in total. The van der Waals surface area contributed by atoms with Crippen LogP contribution in [0.3, 0.4) is 0 Å². The van der Waals surface area contributed by atoms with E-state index in [1.54, 1.807) is 6.92 Å². The number of H-pyrrole nitrogens is 1. The Morgan fingerprint density at radius 2 is 2.21 bits per heavy atom. The molecule has 1 amide bonds. The zero-order valence-corrected chi connectivity index (χ0v) is 10.7. The van der Waals surface area contributed by atoms with Crippen molar-refractivity contribution in [3.8, 4) is 0 Å². The van der Waals surface area contributed by atoms with Crippen LogP contribution in [0.15, 0.2) is 0 Å². The molecule has 1 aromatic heterocycles. The average Bonchev–Trinajstić information content (AvgIpc) is 2.97. The molecule has 2 heterocycles. The minimum absolute atomic E-state index is 0.150. The van der Waals surface area contributed by atoms with Gasteiger partial charge in [-0.05, 0) is 26.2 Å². The maximum atomic E-state index is 12.2. The van der Waals surface area contributed by atoms with Gasteiger partial charge in [0.05, 0.1) is 5.41 Å². The summed E-state index contributed by atoms with van der Waals surface area (Å²) in [7, 11) is 0. The summed E-state index contributed by atoms with van der Waals surface area (Å²) in [5.41, 5.74) is -0.856. The van der Waals surface area contributed by atoms with Gasteiger partial charge >= 0.3 is 5.97 Å². The van der Waals surface area contributed by atoms with Crippen LogP contribution in [-0.2, 0) is 4.79 Å². The van der Waals surface area contributed by atoms with Crippen molar-refractivity contribution < 1.29 is 14.7 Å². The van der Waals surface area contributed by atoms with Gasteiger partial charge in [-0.25, -0.2) is 4.98 Å². The Labute approximate surface area is 110 Å². The monoisotopic (exact) mass is 264 g/mol. The highest BCUT2D eigenvalue weighted by Crippen LogP contribution is 2.38. The lowest BCUT2D eigenvalue weighted by Gasteiger charge is -2.18. The van der Waals surface area contributed by atoms with Crippen molar-refractivity contribution in [2.24, 2.45) is 5.41 Å². The predicted octanol–water partition coefficient (Wildman–Crippen LogP) is 0.619. The maximum absolute atomic E-state index is 12.2. The van der Waals surface area contributed by atoms with Crippen LogP contribution in [0.25, 0.3) is 0 Å². The molecule has 1 aromatic rings. The predicted molar refractivity (Wildman–Crippen MR) is 64.6 cm³/mol. The number of aliphatic carboxylic acids is 1. The lowest BCUT2D eigenvalue weighted by atomic mass is 9.90. The zero-order valence-electron chi connectivity index (χ0n) is 10.7. The van der Waals surface area contributed by atoms with Crippen LogP contribution in [0.2, 0.25) is 0 Å². The van der Waals surface area contributed by atoms with Gasteiger partial charge in [0.2, 0.25) is 5.82 Å². The van der Waals surface area contributed by atoms with E-state index in [-0.39, 0.29) is 18.3 Å². The number of amides is 1. The second-order valence-corrected chi connectivity index (χ2v) is 5.66. The van der Waals surface area contributed by atoms with E-state index in [9.17, 15) is 9.59 Å². The number of carbonyl (C=O) groups is 2. The van der Waals surface area contributed by atoms with Crippen LogP contribution in [-0.4, -0.2) is 50.2 Å². The van der Waals surface area contributed by atoms with Gasteiger partial charge in [0.25, 0.3) is 5.91 Å². The van der Waals surface area contributed by atoms with Crippen molar-refractivity contribution in [2.45, 2.75) is 32.1 Å². The van der Waals surface area contributed by atoms with Gasteiger partial charge in [-0.2, -0.15) is 0 Å². The highest BCUT2D eigenvalue weighted by atomic mass is 16.4. The standard InChI is InChI=1S/C12H16N4O3/c1-12(11(18)19)4-5-16(6-12)10(17)9-13-8(14-15-9)7-2-3-7/h7H,2-6H2,1H3,(H,18,19)(H,13,14,15). The summed E-state index contributed by atoms with van der Waals surface area (Å²) < 4.78 is 0. The third-order valence-electron chi connectivity index (χ3n) is 3.93. The number of hydrogen-bond acceptors (Lipinski definition) is 4. The molecule has 0 aromatic carbocycles. The van der Waals surface area contributed by atoms with Crippen LogP contribution in [0.5, 0.6) is 0 Å². The van der Waals surface area contributed by atoms with E-state index < -0.39 is 11.4 Å². The molecule has 0 spiro atoms. The largest absolute Gasteiger partial charge is 0.481 e. The van der Waals surface area contributed by atoms with Crippen molar-refractivity contribution in [1.82, 2.24) is 20.1 Å². The molecule has 1 aliphatic heterocycles. The van der Waals surface area contributed by atoms with E-state index in [2.05, 4.69) is 15.2 Å². The van der Waals surface area contributed by atoms with Crippen LogP contribution in [0.1, 0.15) is 48.5 Å². The second kappa shape index (κ2) is 4.04. The van der Waals surface area contributed by atoms with Gasteiger partial charge in [-0.1, -0.05) is 0 Å². The lowest BCUT2D eigenvalue weighted by molar-refractivity contribution is -0.147. The molecule has 3 rings (SSSR count). The van der Waals surface area contributed by atoms with Gasteiger partial charge in [-0.15, -0.1) is 5.10 Å². The Kier molecular flexibility index (Phi) is 2.58. The van der Waals surface area contributed by atoms with E-state index in [4.69, 9.17) is 5.11 Å². The first-order valence-corrected chi connectivity index (χ1v) is 6.44. The number of rotatable bonds is 3. The molecular weight excluding hydrogens is 248 g/mol. The van der Waals surface area contributed by atoms with Gasteiger partial charge in [-0.3, -0.25) is 14.7 Å². The number of nitrogens with one attached hydrogen (secondary N) is 1. The van der Waals surface area contributed by atoms with E-state index in [0.29, 0.717) is 18.9 Å². The highest BCUT2D eigenvalue weighted by molar-refractivity contribution is 5.91. The Hall–Kier alpha value is -1.92. The number of aromatic nitrogens is 3. The first-order chi connectivity index (χ1) is 8.99. The molecule has 102 valence electrons. The Morgan fingerprint density at radius 1 is 1.47 bits per heavy atom. The lowest BCUT2D eigenvalue weighted by Crippen LogP contribution is -2.35. The minimum Gasteiger partial charge on any atom is -0.481 e. The van der Waals surface area contributed by atoms with E-state index in [1.807, 2.05) is 0 Å². The van der Waals surface area contributed by atoms with Gasteiger partial charge < -0.3 is 10.0 Å². The first-order valence-electron chi connectivity index (χ1n) is 6.44. The van der Waals surface area contributed by atoms with Gasteiger partial charge in [0, 0.05) is 19.0 Å². The van der Waals surface area contributed by atoms with Crippen molar-refractivity contribution in [3.05, 3.63) is 11.6 Å². The highest BCUT2D eigenvalue weighted by Gasteiger charge is 2.43. The molecule has 1 unspecified atom stereocenters. The van der Waals surface area contributed by atoms with Crippen LogP contribution < -0.4 is 0 Å². The van der Waals surface area contributed by atoms with E-state index in [1.165, 1.54) is 4.90 Å². The summed E-state index contributed by atoms with van der Waals surface area (Å²) in [6.45, 7) is 2.32. The Morgan fingerprint density at radius 3 is 2.79 bits per heavy atom. The van der Waals surface area contributed by atoms with Crippen molar-refractivity contribution >= 4 is 11.9 Å². The maximum Gasteiger partial charge on any atom is 0.311 e. The summed E-state index contributed by atoms with van der Waals surface area (Å²) in [4.78, 5) is 29.1. The number of likely N-dealkylation sites (tertiary alicyclic amines) is 1. The number of hydrogen-bond donors (Lipinski definition) is 2. The van der Waals surface area contributed by atoms with E-state index in [0.717, 1.165) is 18.7 Å². The fourth-order valence-corrected chi connectivity index (χ4v) is 2.36. The van der Waals surface area contributed by atoms with E-state index >= 15 is 0 Å².